The van der Waals surface area contributed by atoms with Crippen molar-refractivity contribution < 1.29 is 9.47 Å². The molecule has 1 heterocycles. The van der Waals surface area contributed by atoms with Crippen molar-refractivity contribution in [2.45, 2.75) is 65.9 Å². The highest BCUT2D eigenvalue weighted by molar-refractivity contribution is 4.74. The molecule has 0 aromatic heterocycles. The quantitative estimate of drug-likeness (QED) is 0.659. The number of ether oxygens (including phenoxy) is 2. The molecule has 1 rings (SSSR count). The summed E-state index contributed by atoms with van der Waals surface area (Å²) in [6.45, 7) is 10.3. The van der Waals surface area contributed by atoms with Crippen LogP contribution < -0.4 is 0 Å². The maximum atomic E-state index is 5.61. The van der Waals surface area contributed by atoms with Crippen LogP contribution >= 0.6 is 0 Å². The molecule has 0 amide bonds. The van der Waals surface area contributed by atoms with E-state index in [2.05, 4.69) is 27.7 Å². The maximum Gasteiger partial charge on any atom is 0.114 e. The van der Waals surface area contributed by atoms with Crippen molar-refractivity contribution in [1.29, 1.82) is 0 Å². The minimum atomic E-state index is 0.301. The standard InChI is InChI=1S/C11H20O2.C4H10/c1-3-4-7-12-9-11-10(2)6-5-8-13-11;1-3-4-2/h4,7,10-11H,3,5-6,8-9H2,1-2H3;3-4H2,1-2H3. The van der Waals surface area contributed by atoms with Gasteiger partial charge in [0.15, 0.2) is 0 Å². The second-order valence-corrected chi connectivity index (χ2v) is 4.64. The molecule has 0 radical (unpaired) electrons. The fraction of sp³-hybridized carbons (Fsp3) is 0.867. The monoisotopic (exact) mass is 242 g/mol. The molecule has 0 aliphatic carbocycles. The van der Waals surface area contributed by atoms with Crippen LogP contribution in [0.3, 0.4) is 0 Å². The number of hydrogen-bond acceptors (Lipinski definition) is 2. The molecule has 102 valence electrons. The summed E-state index contributed by atoms with van der Waals surface area (Å²) in [7, 11) is 0. The van der Waals surface area contributed by atoms with Crippen molar-refractivity contribution in [3.05, 3.63) is 12.3 Å². The molecular weight excluding hydrogens is 212 g/mol. The highest BCUT2D eigenvalue weighted by Crippen LogP contribution is 2.20. The predicted molar refractivity (Wildman–Crippen MR) is 74.1 cm³/mol. The number of hydrogen-bond donors (Lipinski definition) is 0. The Morgan fingerprint density at radius 1 is 1.24 bits per heavy atom. The molecule has 2 atom stereocenters. The summed E-state index contributed by atoms with van der Waals surface area (Å²) < 4.78 is 11.0. The lowest BCUT2D eigenvalue weighted by atomic mass is 9.97. The molecule has 1 aliphatic heterocycles. The molecule has 2 unspecified atom stereocenters. The zero-order chi connectivity index (χ0) is 12.9. The van der Waals surface area contributed by atoms with E-state index >= 15 is 0 Å². The average molecular weight is 242 g/mol. The minimum absolute atomic E-state index is 0.301. The number of unbranched alkanes of at least 4 members (excludes halogenated alkanes) is 1. The van der Waals surface area contributed by atoms with Gasteiger partial charge in [0.2, 0.25) is 0 Å². The Bertz CT molecular complexity index is 176. The van der Waals surface area contributed by atoms with Crippen LogP contribution in [0.4, 0.5) is 0 Å². The first-order chi connectivity index (χ1) is 8.26. The lowest BCUT2D eigenvalue weighted by molar-refractivity contribution is -0.0523. The van der Waals surface area contributed by atoms with E-state index in [-0.39, 0.29) is 0 Å². The molecule has 0 aromatic carbocycles. The second-order valence-electron chi connectivity index (χ2n) is 4.64. The van der Waals surface area contributed by atoms with E-state index in [1.54, 1.807) is 6.26 Å². The first kappa shape index (κ1) is 16.5. The summed E-state index contributed by atoms with van der Waals surface area (Å²) in [4.78, 5) is 0. The molecule has 2 nitrogen and oxygen atoms in total. The highest BCUT2D eigenvalue weighted by Gasteiger charge is 2.21. The fourth-order valence-electron chi connectivity index (χ4n) is 1.52. The van der Waals surface area contributed by atoms with Gasteiger partial charge in [0.05, 0.1) is 12.4 Å². The highest BCUT2D eigenvalue weighted by atomic mass is 16.5. The van der Waals surface area contributed by atoms with Gasteiger partial charge in [0, 0.05) is 6.61 Å². The van der Waals surface area contributed by atoms with Crippen molar-refractivity contribution in [3.63, 3.8) is 0 Å². The van der Waals surface area contributed by atoms with Gasteiger partial charge < -0.3 is 9.47 Å². The van der Waals surface area contributed by atoms with Gasteiger partial charge in [-0.05, 0) is 25.2 Å². The van der Waals surface area contributed by atoms with Gasteiger partial charge >= 0.3 is 0 Å². The summed E-state index contributed by atoms with van der Waals surface area (Å²) in [5, 5.41) is 0. The molecule has 0 saturated carbocycles. The van der Waals surface area contributed by atoms with Crippen LogP contribution in [0.5, 0.6) is 0 Å². The number of rotatable bonds is 5. The first-order valence-corrected chi connectivity index (χ1v) is 7.14. The van der Waals surface area contributed by atoms with Crippen LogP contribution in [0.25, 0.3) is 0 Å². The zero-order valence-corrected chi connectivity index (χ0v) is 12.1. The predicted octanol–water partition coefficient (Wildman–Crippen LogP) is 4.55. The van der Waals surface area contributed by atoms with E-state index in [1.807, 2.05) is 6.08 Å². The summed E-state index contributed by atoms with van der Waals surface area (Å²) in [5.41, 5.74) is 0. The van der Waals surface area contributed by atoms with Crippen molar-refractivity contribution in [3.8, 4) is 0 Å². The topological polar surface area (TPSA) is 18.5 Å². The third kappa shape index (κ3) is 9.22. The average Bonchev–Trinajstić information content (AvgIpc) is 2.37. The van der Waals surface area contributed by atoms with Gasteiger partial charge in [-0.3, -0.25) is 0 Å². The van der Waals surface area contributed by atoms with Crippen molar-refractivity contribution in [2.75, 3.05) is 13.2 Å². The van der Waals surface area contributed by atoms with Crippen LogP contribution in [0, 0.1) is 5.92 Å². The van der Waals surface area contributed by atoms with Gasteiger partial charge in [-0.1, -0.05) is 46.6 Å². The Morgan fingerprint density at radius 2 is 1.94 bits per heavy atom. The van der Waals surface area contributed by atoms with Gasteiger partial charge in [-0.15, -0.1) is 0 Å². The van der Waals surface area contributed by atoms with Crippen molar-refractivity contribution in [1.82, 2.24) is 0 Å². The maximum absolute atomic E-state index is 5.61. The zero-order valence-electron chi connectivity index (χ0n) is 12.1. The minimum Gasteiger partial charge on any atom is -0.499 e. The molecule has 1 aliphatic rings. The molecule has 2 heteroatoms. The van der Waals surface area contributed by atoms with Crippen LogP contribution in [0.15, 0.2) is 12.3 Å². The Morgan fingerprint density at radius 3 is 2.47 bits per heavy atom. The van der Waals surface area contributed by atoms with E-state index in [4.69, 9.17) is 9.47 Å². The molecule has 0 spiro atoms. The molecule has 17 heavy (non-hydrogen) atoms. The Labute approximate surface area is 107 Å². The summed E-state index contributed by atoms with van der Waals surface area (Å²) in [6, 6.07) is 0. The fourth-order valence-corrected chi connectivity index (χ4v) is 1.52. The first-order valence-electron chi connectivity index (χ1n) is 7.14. The second kappa shape index (κ2) is 12.0. The van der Waals surface area contributed by atoms with Crippen molar-refractivity contribution in [2.24, 2.45) is 5.92 Å². The van der Waals surface area contributed by atoms with Gasteiger partial charge in [-0.25, -0.2) is 0 Å². The van der Waals surface area contributed by atoms with E-state index in [1.165, 1.54) is 25.7 Å². The molecular formula is C15H30O2. The van der Waals surface area contributed by atoms with E-state index < -0.39 is 0 Å². The van der Waals surface area contributed by atoms with E-state index in [0.717, 1.165) is 13.0 Å². The van der Waals surface area contributed by atoms with Crippen LogP contribution in [-0.4, -0.2) is 19.3 Å². The van der Waals surface area contributed by atoms with E-state index in [9.17, 15) is 0 Å². The number of allylic oxidation sites excluding steroid dienone is 1. The van der Waals surface area contributed by atoms with Crippen molar-refractivity contribution >= 4 is 0 Å². The summed E-state index contributed by atoms with van der Waals surface area (Å²) >= 11 is 0. The third-order valence-corrected chi connectivity index (χ3v) is 2.96. The lowest BCUT2D eigenvalue weighted by Crippen LogP contribution is -2.31. The van der Waals surface area contributed by atoms with Crippen LogP contribution in [-0.2, 0) is 9.47 Å². The largest absolute Gasteiger partial charge is 0.499 e. The van der Waals surface area contributed by atoms with Gasteiger partial charge in [0.25, 0.3) is 0 Å². The summed E-state index contributed by atoms with van der Waals surface area (Å²) in [5.74, 6) is 0.642. The van der Waals surface area contributed by atoms with Crippen LogP contribution in [0.1, 0.15) is 59.8 Å². The van der Waals surface area contributed by atoms with E-state index in [0.29, 0.717) is 18.6 Å². The Kier molecular flexibility index (Phi) is 11.6. The molecule has 1 fully saturated rings. The lowest BCUT2D eigenvalue weighted by Gasteiger charge is -2.28. The molecule has 0 N–H and O–H groups in total. The summed E-state index contributed by atoms with van der Waals surface area (Å²) in [6.07, 6.45) is 10.2. The Hall–Kier alpha value is -0.500. The Balaban J connectivity index is 0.000000557. The van der Waals surface area contributed by atoms with Crippen LogP contribution in [0.2, 0.25) is 0 Å². The van der Waals surface area contributed by atoms with Gasteiger partial charge in [-0.2, -0.15) is 0 Å². The molecule has 0 bridgehead atoms. The molecule has 0 aromatic rings. The normalized spacial score (nSPS) is 24.2. The smallest absolute Gasteiger partial charge is 0.114 e. The van der Waals surface area contributed by atoms with Gasteiger partial charge in [0.1, 0.15) is 6.61 Å². The third-order valence-electron chi connectivity index (χ3n) is 2.96. The SMILES string of the molecule is CCC=COCC1OCCCC1C.CCCC. The molecule has 1 saturated heterocycles.